The fraction of sp³-hybridized carbons (Fsp3) is 0.200. The fourth-order valence-electron chi connectivity index (χ4n) is 2.15. The number of phenolic OH excluding ortho intramolecular Hbond substituents is 1. The molecule has 0 saturated carbocycles. The number of phenols is 1. The van der Waals surface area contributed by atoms with E-state index in [0.717, 1.165) is 5.56 Å². The third-order valence-electron chi connectivity index (χ3n) is 3.35. The molecule has 0 aliphatic carbocycles. The summed E-state index contributed by atoms with van der Waals surface area (Å²) in [5.41, 5.74) is 6.78. The van der Waals surface area contributed by atoms with Crippen LogP contribution in [0.3, 0.4) is 0 Å². The van der Waals surface area contributed by atoms with Crippen LogP contribution in [-0.2, 0) is 6.42 Å². The van der Waals surface area contributed by atoms with Gasteiger partial charge in [0.25, 0.3) is 5.69 Å². The van der Waals surface area contributed by atoms with Crippen molar-refractivity contribution >= 4 is 34.0 Å². The molecule has 124 valence electrons. The van der Waals surface area contributed by atoms with Crippen molar-refractivity contribution in [3.8, 4) is 5.75 Å². The summed E-state index contributed by atoms with van der Waals surface area (Å²) < 4.78 is 0.166. The van der Waals surface area contributed by atoms with Gasteiger partial charge in [-0.2, -0.15) is 0 Å². The van der Waals surface area contributed by atoms with Crippen LogP contribution in [0.1, 0.15) is 17.2 Å². The smallest absolute Gasteiger partial charge is 0.271 e. The maximum absolute atomic E-state index is 10.9. The first-order valence-corrected chi connectivity index (χ1v) is 7.34. The van der Waals surface area contributed by atoms with E-state index in [1.54, 1.807) is 0 Å². The standard InChI is InChI=1S/C15H15BrN2O4.ClH/c16-12-8-10(18(21)22)7-11(15(12)20)14(17)13(19)6-9-4-2-1-3-5-9;/h1-5,7-8,13-14,19-20H,6,17H2;1H/t13-,14+;/m0./s1. The number of nitrogens with zero attached hydrogens (tertiary/aromatic N) is 1. The first-order valence-electron chi connectivity index (χ1n) is 6.54. The number of nitro groups is 1. The molecule has 0 heterocycles. The van der Waals surface area contributed by atoms with Crippen molar-refractivity contribution in [2.45, 2.75) is 18.6 Å². The number of halogens is 2. The highest BCUT2D eigenvalue weighted by atomic mass is 79.9. The van der Waals surface area contributed by atoms with Gasteiger partial charge < -0.3 is 15.9 Å². The van der Waals surface area contributed by atoms with Gasteiger partial charge in [0.1, 0.15) is 5.75 Å². The lowest BCUT2D eigenvalue weighted by Crippen LogP contribution is -2.28. The van der Waals surface area contributed by atoms with Crippen molar-refractivity contribution in [3.63, 3.8) is 0 Å². The molecular weight excluding hydrogens is 388 g/mol. The molecule has 8 heteroatoms. The summed E-state index contributed by atoms with van der Waals surface area (Å²) >= 11 is 3.06. The van der Waals surface area contributed by atoms with Crippen LogP contribution in [0.15, 0.2) is 46.9 Å². The lowest BCUT2D eigenvalue weighted by Gasteiger charge is -2.20. The Kier molecular flexibility index (Phi) is 6.96. The topological polar surface area (TPSA) is 110 Å². The first kappa shape index (κ1) is 19.4. The van der Waals surface area contributed by atoms with E-state index >= 15 is 0 Å². The number of hydrogen-bond acceptors (Lipinski definition) is 5. The SMILES string of the molecule is Cl.N[C@H](c1cc([N+](=O)[O-])cc(Br)c1O)[C@@H](O)Cc1ccccc1. The van der Waals surface area contributed by atoms with Gasteiger partial charge in [-0.1, -0.05) is 30.3 Å². The van der Waals surface area contributed by atoms with Crippen LogP contribution in [0.25, 0.3) is 0 Å². The van der Waals surface area contributed by atoms with Crippen LogP contribution >= 0.6 is 28.3 Å². The van der Waals surface area contributed by atoms with Gasteiger partial charge in [-0.15, -0.1) is 12.4 Å². The number of non-ortho nitro benzene ring substituents is 1. The second kappa shape index (κ2) is 8.26. The Morgan fingerprint density at radius 3 is 2.43 bits per heavy atom. The zero-order valence-electron chi connectivity index (χ0n) is 11.9. The summed E-state index contributed by atoms with van der Waals surface area (Å²) in [7, 11) is 0. The Morgan fingerprint density at radius 2 is 1.87 bits per heavy atom. The molecule has 0 aliphatic rings. The highest BCUT2D eigenvalue weighted by Gasteiger charge is 2.24. The predicted molar refractivity (Wildman–Crippen MR) is 92.8 cm³/mol. The Balaban J connectivity index is 0.00000264. The zero-order valence-corrected chi connectivity index (χ0v) is 14.3. The average Bonchev–Trinajstić information content (AvgIpc) is 2.50. The van der Waals surface area contributed by atoms with E-state index in [0.29, 0.717) is 0 Å². The second-order valence-corrected chi connectivity index (χ2v) is 5.76. The van der Waals surface area contributed by atoms with Gasteiger partial charge in [0, 0.05) is 24.1 Å². The first-order chi connectivity index (χ1) is 10.4. The molecule has 6 nitrogen and oxygen atoms in total. The van der Waals surface area contributed by atoms with E-state index in [1.165, 1.54) is 12.1 Å². The van der Waals surface area contributed by atoms with Crippen molar-refractivity contribution in [3.05, 3.63) is 68.2 Å². The predicted octanol–water partition coefficient (Wildman–Crippen LogP) is 3.09. The lowest BCUT2D eigenvalue weighted by molar-refractivity contribution is -0.385. The number of hydrogen-bond donors (Lipinski definition) is 3. The molecule has 2 atom stereocenters. The van der Waals surface area contributed by atoms with Crippen molar-refractivity contribution in [1.82, 2.24) is 0 Å². The van der Waals surface area contributed by atoms with Gasteiger partial charge in [-0.25, -0.2) is 0 Å². The quantitative estimate of drug-likeness (QED) is 0.525. The molecule has 4 N–H and O–H groups in total. The third-order valence-corrected chi connectivity index (χ3v) is 3.95. The van der Waals surface area contributed by atoms with Gasteiger partial charge in [-0.05, 0) is 21.5 Å². The highest BCUT2D eigenvalue weighted by molar-refractivity contribution is 9.10. The van der Waals surface area contributed by atoms with Crippen LogP contribution in [0.4, 0.5) is 5.69 Å². The van der Waals surface area contributed by atoms with Crippen molar-refractivity contribution in [2.75, 3.05) is 0 Å². The number of nitrogens with two attached hydrogens (primary N) is 1. The van der Waals surface area contributed by atoms with E-state index in [1.807, 2.05) is 30.3 Å². The molecule has 2 rings (SSSR count). The number of aromatic hydroxyl groups is 1. The van der Waals surface area contributed by atoms with Crippen molar-refractivity contribution in [1.29, 1.82) is 0 Å². The molecule has 0 radical (unpaired) electrons. The van der Waals surface area contributed by atoms with Crippen molar-refractivity contribution < 1.29 is 15.1 Å². The monoisotopic (exact) mass is 402 g/mol. The van der Waals surface area contributed by atoms with Crippen LogP contribution in [0.2, 0.25) is 0 Å². The Labute approximate surface area is 147 Å². The van der Waals surface area contributed by atoms with Crippen LogP contribution < -0.4 is 5.73 Å². The third kappa shape index (κ3) is 4.65. The summed E-state index contributed by atoms with van der Waals surface area (Å²) in [6.07, 6.45) is -0.705. The average molecular weight is 404 g/mol. The zero-order chi connectivity index (χ0) is 16.3. The molecule has 0 spiro atoms. The van der Waals surface area contributed by atoms with Gasteiger partial charge in [0.15, 0.2) is 0 Å². The van der Waals surface area contributed by atoms with E-state index < -0.39 is 17.1 Å². The van der Waals surface area contributed by atoms with E-state index in [2.05, 4.69) is 15.9 Å². The molecule has 0 saturated heterocycles. The Bertz CT molecular complexity index is 685. The van der Waals surface area contributed by atoms with Crippen LogP contribution in [0.5, 0.6) is 5.75 Å². The molecule has 0 unspecified atom stereocenters. The molecule has 0 amide bonds. The normalized spacial score (nSPS) is 13.0. The van der Waals surface area contributed by atoms with Crippen LogP contribution in [-0.4, -0.2) is 21.2 Å². The number of nitro benzene ring substituents is 1. The Hall–Kier alpha value is -1.67. The maximum Gasteiger partial charge on any atom is 0.271 e. The molecule has 0 fully saturated rings. The maximum atomic E-state index is 10.9. The minimum absolute atomic E-state index is 0. The minimum Gasteiger partial charge on any atom is -0.506 e. The summed E-state index contributed by atoms with van der Waals surface area (Å²) in [5.74, 6) is -0.204. The summed E-state index contributed by atoms with van der Waals surface area (Å²) in [6, 6.07) is 10.7. The number of aliphatic hydroxyl groups excluding tert-OH is 1. The van der Waals surface area contributed by atoms with Crippen molar-refractivity contribution in [2.24, 2.45) is 5.73 Å². The van der Waals surface area contributed by atoms with E-state index in [9.17, 15) is 20.3 Å². The molecule has 0 aliphatic heterocycles. The number of aliphatic hydroxyl groups is 1. The minimum atomic E-state index is -0.984. The summed E-state index contributed by atoms with van der Waals surface area (Å²) in [6.45, 7) is 0. The highest BCUT2D eigenvalue weighted by Crippen LogP contribution is 2.36. The van der Waals surface area contributed by atoms with Gasteiger partial charge in [-0.3, -0.25) is 10.1 Å². The fourth-order valence-corrected chi connectivity index (χ4v) is 2.62. The summed E-state index contributed by atoms with van der Waals surface area (Å²) in [4.78, 5) is 10.3. The van der Waals surface area contributed by atoms with Gasteiger partial charge in [0.2, 0.25) is 0 Å². The molecule has 0 aromatic heterocycles. The van der Waals surface area contributed by atoms with Crippen LogP contribution in [0, 0.1) is 10.1 Å². The van der Waals surface area contributed by atoms with E-state index in [4.69, 9.17) is 5.73 Å². The molecule has 0 bridgehead atoms. The largest absolute Gasteiger partial charge is 0.506 e. The molecular formula is C15H16BrClN2O4. The number of benzene rings is 2. The lowest BCUT2D eigenvalue weighted by atomic mass is 9.96. The summed E-state index contributed by atoms with van der Waals surface area (Å²) in [5, 5.41) is 31.2. The number of rotatable bonds is 5. The van der Waals surface area contributed by atoms with Gasteiger partial charge in [0.05, 0.1) is 21.5 Å². The van der Waals surface area contributed by atoms with E-state index in [-0.39, 0.29) is 40.3 Å². The molecule has 2 aromatic rings. The molecule has 23 heavy (non-hydrogen) atoms. The second-order valence-electron chi connectivity index (χ2n) is 4.91. The molecule has 2 aromatic carbocycles. The Morgan fingerprint density at radius 1 is 1.26 bits per heavy atom. The van der Waals surface area contributed by atoms with Gasteiger partial charge >= 0.3 is 0 Å².